The number of rotatable bonds is 14. The van der Waals surface area contributed by atoms with E-state index in [4.69, 9.17) is 14.2 Å². The molecule has 2 unspecified atom stereocenters. The maximum Gasteiger partial charge on any atom is 0.326 e. The topological polar surface area (TPSA) is 157 Å². The molecule has 2 N–H and O–H groups in total. The Morgan fingerprint density at radius 3 is 2.41 bits per heavy atom. The highest BCUT2D eigenvalue weighted by atomic mass is 16.6. The molecule has 1 aromatic carbocycles. The number of ether oxygens (including phenoxy) is 3. The van der Waals surface area contributed by atoms with Gasteiger partial charge in [0.1, 0.15) is 18.2 Å². The molecule has 0 radical (unpaired) electrons. The second kappa shape index (κ2) is 16.6. The zero-order valence-corrected chi connectivity index (χ0v) is 27.8. The molecule has 1 aromatic rings. The average molecular weight is 644 g/mol. The molecule has 254 valence electrons. The minimum atomic E-state index is -0.970. The number of fused-ring (bicyclic) bond motifs is 1. The Morgan fingerprint density at radius 2 is 1.76 bits per heavy atom. The lowest BCUT2D eigenvalue weighted by Crippen LogP contribution is -2.53. The summed E-state index contributed by atoms with van der Waals surface area (Å²) >= 11 is 0. The van der Waals surface area contributed by atoms with E-state index >= 15 is 0 Å². The summed E-state index contributed by atoms with van der Waals surface area (Å²) in [6.07, 6.45) is 3.73. The third-order valence-corrected chi connectivity index (χ3v) is 8.24. The van der Waals surface area contributed by atoms with Gasteiger partial charge in [0.15, 0.2) is 0 Å². The van der Waals surface area contributed by atoms with E-state index in [0.717, 1.165) is 18.4 Å². The van der Waals surface area contributed by atoms with Crippen molar-refractivity contribution in [1.82, 2.24) is 10.6 Å². The van der Waals surface area contributed by atoms with Gasteiger partial charge in [0, 0.05) is 25.6 Å². The summed E-state index contributed by atoms with van der Waals surface area (Å²) < 4.78 is 15.7. The van der Waals surface area contributed by atoms with Crippen molar-refractivity contribution in [1.29, 1.82) is 0 Å². The number of esters is 3. The highest BCUT2D eigenvalue weighted by Gasteiger charge is 2.46. The van der Waals surface area contributed by atoms with Gasteiger partial charge in [-0.3, -0.25) is 33.7 Å². The minimum absolute atomic E-state index is 0.0985. The molecule has 0 aromatic heterocycles. The Morgan fingerprint density at radius 1 is 1.07 bits per heavy atom. The second-order valence-corrected chi connectivity index (χ2v) is 13.1. The summed E-state index contributed by atoms with van der Waals surface area (Å²) in [5.74, 6) is -3.51. The molecule has 46 heavy (non-hydrogen) atoms. The van der Waals surface area contributed by atoms with E-state index in [-0.39, 0.29) is 51.0 Å². The van der Waals surface area contributed by atoms with Gasteiger partial charge >= 0.3 is 17.9 Å². The molecular weight excluding hydrogens is 594 g/mol. The number of nitrogens with one attached hydrogen (secondary N) is 2. The van der Waals surface area contributed by atoms with Crippen LogP contribution in [0.2, 0.25) is 0 Å². The predicted molar refractivity (Wildman–Crippen MR) is 169 cm³/mol. The molecule has 12 nitrogen and oxygen atoms in total. The molecular formula is C34H49N3O9. The zero-order valence-electron chi connectivity index (χ0n) is 27.8. The molecule has 0 bridgehead atoms. The third kappa shape index (κ3) is 10.6. The number of hydrogen-bond donors (Lipinski definition) is 2. The Balaban J connectivity index is 1.77. The number of anilines is 1. The van der Waals surface area contributed by atoms with Gasteiger partial charge < -0.3 is 24.8 Å². The molecule has 0 spiro atoms. The summed E-state index contributed by atoms with van der Waals surface area (Å²) in [6, 6.07) is 6.45. The molecule has 1 heterocycles. The molecule has 2 aliphatic rings. The lowest BCUT2D eigenvalue weighted by molar-refractivity contribution is -0.153. The summed E-state index contributed by atoms with van der Waals surface area (Å²) in [6.45, 7) is 8.52. The van der Waals surface area contributed by atoms with Crippen molar-refractivity contribution in [2.75, 3.05) is 31.2 Å². The van der Waals surface area contributed by atoms with Crippen LogP contribution in [0.15, 0.2) is 24.3 Å². The first kappa shape index (κ1) is 36.5. The standard InChI is InChI=1S/C34H49N3O9/c1-6-44-31(42)25(20-28(39)35-18-11-19-45-23(2)38)21-34(16-9-10-17-34)32(43)36-26-15-14-24-12-7-8-13-27(24)37(30(26)41)22-29(40)46-33(3,4)5/h7-8,12-13,25-26H,6,9-11,14-22H2,1-5H3,(H,35,39)(H,36,43). The van der Waals surface area contributed by atoms with Crippen LogP contribution in [0.4, 0.5) is 5.69 Å². The lowest BCUT2D eigenvalue weighted by atomic mass is 9.75. The van der Waals surface area contributed by atoms with E-state index in [1.807, 2.05) is 12.1 Å². The van der Waals surface area contributed by atoms with Crippen molar-refractivity contribution in [3.63, 3.8) is 0 Å². The largest absolute Gasteiger partial charge is 0.466 e. The van der Waals surface area contributed by atoms with Gasteiger partial charge in [0.25, 0.3) is 0 Å². The fourth-order valence-corrected chi connectivity index (χ4v) is 6.19. The van der Waals surface area contributed by atoms with Crippen LogP contribution in [-0.4, -0.2) is 73.6 Å². The van der Waals surface area contributed by atoms with E-state index in [9.17, 15) is 28.8 Å². The van der Waals surface area contributed by atoms with Gasteiger partial charge in [-0.25, -0.2) is 0 Å². The lowest BCUT2D eigenvalue weighted by Gasteiger charge is -2.33. The monoisotopic (exact) mass is 643 g/mol. The van der Waals surface area contributed by atoms with Crippen molar-refractivity contribution in [2.24, 2.45) is 11.3 Å². The normalized spacial score (nSPS) is 18.1. The number of aryl methyl sites for hydroxylation is 1. The highest BCUT2D eigenvalue weighted by molar-refractivity contribution is 6.03. The fraction of sp³-hybridized carbons (Fsp3) is 0.647. The summed E-state index contributed by atoms with van der Waals surface area (Å²) in [5.41, 5.74) is -0.216. The Bertz CT molecular complexity index is 1270. The Labute approximate surface area is 271 Å². The van der Waals surface area contributed by atoms with Gasteiger partial charge in [-0.15, -0.1) is 0 Å². The average Bonchev–Trinajstić information content (AvgIpc) is 3.42. The van der Waals surface area contributed by atoms with Gasteiger partial charge in [0.05, 0.1) is 24.5 Å². The minimum Gasteiger partial charge on any atom is -0.466 e. The molecule has 2 atom stereocenters. The first-order chi connectivity index (χ1) is 21.7. The first-order valence-corrected chi connectivity index (χ1v) is 16.2. The molecule has 1 aliphatic carbocycles. The van der Waals surface area contributed by atoms with Gasteiger partial charge in [0.2, 0.25) is 17.7 Å². The predicted octanol–water partition coefficient (Wildman–Crippen LogP) is 3.38. The number of carbonyl (C=O) groups is 6. The van der Waals surface area contributed by atoms with E-state index in [1.165, 1.54) is 11.8 Å². The van der Waals surface area contributed by atoms with Gasteiger partial charge in [-0.2, -0.15) is 0 Å². The molecule has 0 saturated heterocycles. The molecule has 12 heteroatoms. The van der Waals surface area contributed by atoms with Crippen LogP contribution in [0.5, 0.6) is 0 Å². The van der Waals surface area contributed by atoms with Crippen molar-refractivity contribution in [3.05, 3.63) is 29.8 Å². The molecule has 1 fully saturated rings. The third-order valence-electron chi connectivity index (χ3n) is 8.24. The van der Waals surface area contributed by atoms with Crippen LogP contribution in [0.3, 0.4) is 0 Å². The van der Waals surface area contributed by atoms with Crippen LogP contribution in [0.25, 0.3) is 0 Å². The van der Waals surface area contributed by atoms with Crippen LogP contribution in [0, 0.1) is 11.3 Å². The van der Waals surface area contributed by atoms with Crippen LogP contribution in [-0.2, 0) is 49.4 Å². The summed E-state index contributed by atoms with van der Waals surface area (Å²) in [4.78, 5) is 79.1. The first-order valence-electron chi connectivity index (χ1n) is 16.2. The van der Waals surface area contributed by atoms with Crippen molar-refractivity contribution < 1.29 is 43.0 Å². The zero-order chi connectivity index (χ0) is 33.9. The number of hydrogen-bond acceptors (Lipinski definition) is 9. The number of benzene rings is 1. The SMILES string of the molecule is CCOC(=O)C(CC(=O)NCCCOC(C)=O)CC1(C(=O)NC2CCc3ccccc3N(CC(=O)OC(C)(C)C)C2=O)CCCC1. The van der Waals surface area contributed by atoms with Crippen LogP contribution in [0.1, 0.15) is 91.5 Å². The maximum atomic E-state index is 14.1. The molecule has 3 amide bonds. The van der Waals surface area contributed by atoms with E-state index in [0.29, 0.717) is 37.8 Å². The van der Waals surface area contributed by atoms with Crippen molar-refractivity contribution >= 4 is 41.3 Å². The smallest absolute Gasteiger partial charge is 0.326 e. The molecule has 1 saturated carbocycles. The van der Waals surface area contributed by atoms with Crippen LogP contribution >= 0.6 is 0 Å². The Kier molecular flexibility index (Phi) is 13.1. The Hall–Kier alpha value is -3.96. The fourth-order valence-electron chi connectivity index (χ4n) is 6.19. The van der Waals surface area contributed by atoms with E-state index < -0.39 is 46.8 Å². The second-order valence-electron chi connectivity index (χ2n) is 13.1. The number of amides is 3. The van der Waals surface area contributed by atoms with Gasteiger partial charge in [-0.05, 0) is 77.8 Å². The van der Waals surface area contributed by atoms with E-state index in [1.54, 1.807) is 39.8 Å². The van der Waals surface area contributed by atoms with Gasteiger partial charge in [-0.1, -0.05) is 31.0 Å². The summed E-state index contributed by atoms with van der Waals surface area (Å²) in [7, 11) is 0. The van der Waals surface area contributed by atoms with Crippen molar-refractivity contribution in [2.45, 2.75) is 104 Å². The quantitative estimate of drug-likeness (QED) is 0.176. The number of nitrogens with zero attached hydrogens (tertiary/aromatic N) is 1. The number of carbonyl (C=O) groups excluding carboxylic acids is 6. The van der Waals surface area contributed by atoms with Crippen molar-refractivity contribution in [3.8, 4) is 0 Å². The number of para-hydroxylation sites is 1. The maximum absolute atomic E-state index is 14.1. The highest BCUT2D eigenvalue weighted by Crippen LogP contribution is 2.44. The van der Waals surface area contributed by atoms with Crippen LogP contribution < -0.4 is 15.5 Å². The molecule has 1 aliphatic heterocycles. The summed E-state index contributed by atoms with van der Waals surface area (Å²) in [5, 5.41) is 5.73. The van der Waals surface area contributed by atoms with E-state index in [2.05, 4.69) is 10.6 Å². The molecule has 3 rings (SSSR count).